The molecule has 1 aliphatic rings. The molecule has 29 heavy (non-hydrogen) atoms. The van der Waals surface area contributed by atoms with Gasteiger partial charge in [0.05, 0.1) is 21.4 Å². The number of hydroxylamine groups is 2. The van der Waals surface area contributed by atoms with Crippen molar-refractivity contribution >= 4 is 40.1 Å². The molecule has 8 nitrogen and oxygen atoms in total. The summed E-state index contributed by atoms with van der Waals surface area (Å²) in [6, 6.07) is 0.313. The molecule has 1 fully saturated rings. The molecule has 0 amide bonds. The van der Waals surface area contributed by atoms with E-state index in [-0.39, 0.29) is 16.5 Å². The van der Waals surface area contributed by atoms with Gasteiger partial charge in [-0.1, -0.05) is 0 Å². The maximum atomic E-state index is 6.00. The van der Waals surface area contributed by atoms with Gasteiger partial charge in [-0.2, -0.15) is 4.98 Å². The van der Waals surface area contributed by atoms with Crippen molar-refractivity contribution in [3.63, 3.8) is 0 Å². The fourth-order valence-electron chi connectivity index (χ4n) is 2.29. The molecule has 158 valence electrons. The zero-order valence-corrected chi connectivity index (χ0v) is 20.3. The Bertz CT molecular complexity index is 853. The van der Waals surface area contributed by atoms with Crippen molar-refractivity contribution in [1.29, 1.82) is 0 Å². The normalized spacial score (nSPS) is 17.1. The molecular weight excluding hydrogens is 460 g/mol. The Morgan fingerprint density at radius 1 is 1.00 bits per heavy atom. The Morgan fingerprint density at radius 3 is 2.03 bits per heavy atom. The van der Waals surface area contributed by atoms with Gasteiger partial charge >= 0.3 is 13.1 Å². The number of aryl methyl sites for hydroxylation is 2. The second-order valence-electron chi connectivity index (χ2n) is 7.76. The van der Waals surface area contributed by atoms with Crippen LogP contribution in [-0.4, -0.2) is 57.4 Å². The monoisotopic (exact) mass is 485 g/mol. The van der Waals surface area contributed by atoms with Crippen LogP contribution in [0.15, 0.2) is 16.9 Å². The molecule has 1 saturated heterocycles. The Labute approximate surface area is 185 Å². The van der Waals surface area contributed by atoms with E-state index in [1.54, 1.807) is 31.6 Å². The Balaban J connectivity index is 0.000000278. The van der Waals surface area contributed by atoms with Crippen LogP contribution in [0.25, 0.3) is 0 Å². The Morgan fingerprint density at radius 2 is 1.59 bits per heavy atom. The first-order valence-corrected chi connectivity index (χ1v) is 10.2. The molecule has 3 rings (SSSR count). The highest BCUT2D eigenvalue weighted by molar-refractivity contribution is 9.10. The van der Waals surface area contributed by atoms with E-state index in [0.717, 1.165) is 21.3 Å². The van der Waals surface area contributed by atoms with E-state index in [4.69, 9.17) is 25.7 Å². The number of hydrogen-bond acceptors (Lipinski definition) is 8. The zero-order chi connectivity index (χ0) is 22.0. The van der Waals surface area contributed by atoms with Gasteiger partial charge in [0, 0.05) is 37.6 Å². The summed E-state index contributed by atoms with van der Waals surface area (Å²) in [4.78, 5) is 21.5. The molecular formula is C18H26BBrClN5O3. The fourth-order valence-corrected chi connectivity index (χ4v) is 2.65. The molecule has 11 heteroatoms. The van der Waals surface area contributed by atoms with Crippen molar-refractivity contribution < 1.29 is 14.1 Å². The van der Waals surface area contributed by atoms with E-state index < -0.39 is 7.12 Å². The van der Waals surface area contributed by atoms with Gasteiger partial charge in [0.2, 0.25) is 5.28 Å². The van der Waals surface area contributed by atoms with Crippen LogP contribution in [0.2, 0.25) is 5.28 Å². The number of nitrogens with zero attached hydrogens (tertiary/aromatic N) is 5. The molecule has 0 bridgehead atoms. The first kappa shape index (κ1) is 23.9. The summed E-state index contributed by atoms with van der Waals surface area (Å²) < 4.78 is 12.9. The van der Waals surface area contributed by atoms with Crippen LogP contribution in [0.1, 0.15) is 39.1 Å². The number of rotatable bonds is 3. The summed E-state index contributed by atoms with van der Waals surface area (Å²) in [6.07, 6.45) is 3.33. The van der Waals surface area contributed by atoms with Gasteiger partial charge in [-0.3, -0.25) is 0 Å². The molecule has 0 aliphatic carbocycles. The number of aromatic nitrogens is 4. The SMILES string of the molecule is Cc1nc(Cl)ncc1Br.Cc1nc(ON(C)C)ncc1B1OC(C)(C)C(C)(C)O1. The van der Waals surface area contributed by atoms with E-state index in [0.29, 0.717) is 6.01 Å². The van der Waals surface area contributed by atoms with E-state index in [2.05, 4.69) is 35.9 Å². The molecule has 0 N–H and O–H groups in total. The Hall–Kier alpha value is -1.33. The van der Waals surface area contributed by atoms with E-state index in [1.165, 1.54) is 0 Å². The van der Waals surface area contributed by atoms with Crippen LogP contribution in [0, 0.1) is 13.8 Å². The second-order valence-corrected chi connectivity index (χ2v) is 8.95. The average Bonchev–Trinajstić information content (AvgIpc) is 2.79. The van der Waals surface area contributed by atoms with Crippen molar-refractivity contribution in [3.05, 3.63) is 33.5 Å². The van der Waals surface area contributed by atoms with Crippen molar-refractivity contribution in [2.24, 2.45) is 0 Å². The van der Waals surface area contributed by atoms with Crippen LogP contribution in [0.4, 0.5) is 0 Å². The largest absolute Gasteiger partial charge is 0.498 e. The van der Waals surface area contributed by atoms with Gasteiger partial charge in [0.15, 0.2) is 0 Å². The van der Waals surface area contributed by atoms with Crippen LogP contribution in [0.5, 0.6) is 6.01 Å². The summed E-state index contributed by atoms with van der Waals surface area (Å²) in [5.74, 6) is 0. The standard InChI is InChI=1S/C13H22BN3O3.C5H4BrClN2/c1-9-10(8-15-11(16-9)18-17(6)7)14-19-12(2,3)13(4,5)20-14;1-3-4(6)2-8-5(7)9-3/h8H,1-7H3;2H,1H3. The maximum Gasteiger partial charge on any atom is 0.498 e. The van der Waals surface area contributed by atoms with Crippen LogP contribution in [-0.2, 0) is 9.31 Å². The lowest BCUT2D eigenvalue weighted by Crippen LogP contribution is -2.41. The highest BCUT2D eigenvalue weighted by Gasteiger charge is 2.52. The molecule has 2 aromatic heterocycles. The lowest BCUT2D eigenvalue weighted by Gasteiger charge is -2.32. The molecule has 1 aliphatic heterocycles. The van der Waals surface area contributed by atoms with E-state index in [1.807, 2.05) is 41.5 Å². The molecule has 0 unspecified atom stereocenters. The Kier molecular flexibility index (Phi) is 7.61. The van der Waals surface area contributed by atoms with Crippen LogP contribution >= 0.6 is 27.5 Å². The molecule has 2 aromatic rings. The molecule has 0 atom stereocenters. The second kappa shape index (κ2) is 9.22. The van der Waals surface area contributed by atoms with Crippen molar-refractivity contribution in [1.82, 2.24) is 25.0 Å². The third kappa shape index (κ3) is 6.08. The summed E-state index contributed by atoms with van der Waals surface area (Å²) >= 11 is 8.72. The molecule has 3 heterocycles. The minimum atomic E-state index is -0.451. The average molecular weight is 487 g/mol. The third-order valence-corrected chi connectivity index (χ3v) is 5.62. The van der Waals surface area contributed by atoms with Crippen molar-refractivity contribution in [2.45, 2.75) is 52.7 Å². The lowest BCUT2D eigenvalue weighted by atomic mass is 9.79. The number of halogens is 2. The first-order valence-electron chi connectivity index (χ1n) is 9.01. The van der Waals surface area contributed by atoms with Gasteiger partial charge in [-0.25, -0.2) is 15.0 Å². The zero-order valence-electron chi connectivity index (χ0n) is 17.9. The minimum absolute atomic E-state index is 0.288. The van der Waals surface area contributed by atoms with Crippen molar-refractivity contribution in [2.75, 3.05) is 14.1 Å². The van der Waals surface area contributed by atoms with Gasteiger partial charge in [-0.05, 0) is 69.1 Å². The van der Waals surface area contributed by atoms with Gasteiger partial charge in [0.25, 0.3) is 0 Å². The maximum absolute atomic E-state index is 6.00. The quantitative estimate of drug-likeness (QED) is 0.372. The molecule has 0 saturated carbocycles. The highest BCUT2D eigenvalue weighted by atomic mass is 79.9. The van der Waals surface area contributed by atoms with E-state index in [9.17, 15) is 0 Å². The first-order chi connectivity index (χ1) is 13.3. The fraction of sp³-hybridized carbons (Fsp3) is 0.556. The van der Waals surface area contributed by atoms with E-state index >= 15 is 0 Å². The highest BCUT2D eigenvalue weighted by Crippen LogP contribution is 2.36. The minimum Gasteiger partial charge on any atom is -0.399 e. The summed E-state index contributed by atoms with van der Waals surface area (Å²) in [7, 11) is 3.11. The van der Waals surface area contributed by atoms with Crippen LogP contribution in [0.3, 0.4) is 0 Å². The molecule has 0 spiro atoms. The van der Waals surface area contributed by atoms with Gasteiger partial charge < -0.3 is 14.1 Å². The summed E-state index contributed by atoms with van der Waals surface area (Å²) in [5, 5.41) is 1.83. The van der Waals surface area contributed by atoms with Gasteiger partial charge in [-0.15, -0.1) is 5.06 Å². The predicted molar refractivity (Wildman–Crippen MR) is 116 cm³/mol. The number of hydrogen-bond donors (Lipinski definition) is 0. The predicted octanol–water partition coefficient (Wildman–Crippen LogP) is 3.14. The topological polar surface area (TPSA) is 82.5 Å². The third-order valence-electron chi connectivity index (χ3n) is 4.66. The summed E-state index contributed by atoms with van der Waals surface area (Å²) in [6.45, 7) is 11.8. The lowest BCUT2D eigenvalue weighted by molar-refractivity contribution is -0.0139. The van der Waals surface area contributed by atoms with Gasteiger partial charge in [0.1, 0.15) is 0 Å². The molecule has 0 radical (unpaired) electrons. The van der Waals surface area contributed by atoms with Crippen molar-refractivity contribution in [3.8, 4) is 6.01 Å². The smallest absolute Gasteiger partial charge is 0.399 e. The summed E-state index contributed by atoms with van der Waals surface area (Å²) in [5.41, 5.74) is 1.73. The van der Waals surface area contributed by atoms with Crippen LogP contribution < -0.4 is 10.3 Å². The molecule has 0 aromatic carbocycles.